The largest absolute Gasteiger partial charge is 0.492 e. The van der Waals surface area contributed by atoms with Gasteiger partial charge in [0.1, 0.15) is 24.2 Å². The fourth-order valence-electron chi connectivity index (χ4n) is 5.49. The molecule has 152 valence electrons. The Hall–Kier alpha value is -2.24. The summed E-state index contributed by atoms with van der Waals surface area (Å²) in [5.74, 6) is 1.89. The van der Waals surface area contributed by atoms with Gasteiger partial charge in [-0.05, 0) is 43.5 Å². The maximum atomic E-state index is 6.26. The van der Waals surface area contributed by atoms with Gasteiger partial charge in [-0.25, -0.2) is 0 Å². The maximum Gasteiger partial charge on any atom is 0.127 e. The molecule has 2 aromatic rings. The summed E-state index contributed by atoms with van der Waals surface area (Å²) < 4.78 is 18.4. The molecular formula is C24H28N2O3. The van der Waals surface area contributed by atoms with E-state index in [0.29, 0.717) is 12.7 Å². The van der Waals surface area contributed by atoms with Crippen LogP contribution in [0.3, 0.4) is 0 Å². The fourth-order valence-corrected chi connectivity index (χ4v) is 5.49. The number of fused-ring (bicyclic) bond motifs is 4. The SMILES string of the molecule is c1ccc2c(c1)N(C[C@H]1CCCO1)CC21COc2cc(O[C@@H]3CCNC3)ccc21. The first kappa shape index (κ1) is 17.6. The highest BCUT2D eigenvalue weighted by atomic mass is 16.5. The minimum atomic E-state index is -0.0992. The van der Waals surface area contributed by atoms with Crippen LogP contribution in [0, 0.1) is 0 Å². The van der Waals surface area contributed by atoms with Gasteiger partial charge in [0.25, 0.3) is 0 Å². The predicted molar refractivity (Wildman–Crippen MR) is 112 cm³/mol. The van der Waals surface area contributed by atoms with Gasteiger partial charge < -0.3 is 24.4 Å². The number of nitrogens with one attached hydrogen (secondary N) is 1. The van der Waals surface area contributed by atoms with Crippen molar-refractivity contribution < 1.29 is 14.2 Å². The lowest BCUT2D eigenvalue weighted by atomic mass is 9.78. The molecule has 2 aromatic carbocycles. The summed E-state index contributed by atoms with van der Waals surface area (Å²) in [6, 6.07) is 15.3. The smallest absolute Gasteiger partial charge is 0.127 e. The van der Waals surface area contributed by atoms with Crippen molar-refractivity contribution in [2.24, 2.45) is 0 Å². The van der Waals surface area contributed by atoms with Crippen LogP contribution in [0.1, 0.15) is 30.4 Å². The van der Waals surface area contributed by atoms with Crippen LogP contribution in [0.5, 0.6) is 11.5 Å². The second kappa shape index (κ2) is 6.92. The summed E-state index contributed by atoms with van der Waals surface area (Å²) in [4.78, 5) is 2.51. The molecule has 0 radical (unpaired) electrons. The first-order valence-electron chi connectivity index (χ1n) is 10.9. The predicted octanol–water partition coefficient (Wildman–Crippen LogP) is 3.10. The first-order valence-corrected chi connectivity index (χ1v) is 10.9. The molecule has 5 nitrogen and oxygen atoms in total. The standard InChI is InChI=1S/C24H28N2O3/c1-2-6-22-20(5-1)24(15-26(22)14-19-4-3-11-27-19)16-28-23-12-17(7-8-21(23)24)29-18-9-10-25-13-18/h1-2,5-8,12,18-19,25H,3-4,9-11,13-16H2/t18-,19-,24?/m1/s1. The minimum Gasteiger partial charge on any atom is -0.492 e. The normalized spacial score (nSPS) is 29.9. The van der Waals surface area contributed by atoms with Crippen LogP contribution in [0.25, 0.3) is 0 Å². The third-order valence-electron chi connectivity index (χ3n) is 6.93. The van der Waals surface area contributed by atoms with E-state index in [2.05, 4.69) is 52.7 Å². The third kappa shape index (κ3) is 2.90. The molecule has 4 heterocycles. The highest BCUT2D eigenvalue weighted by Gasteiger charge is 2.50. The van der Waals surface area contributed by atoms with Crippen LogP contribution in [-0.2, 0) is 10.2 Å². The molecule has 1 spiro atoms. The second-order valence-electron chi connectivity index (χ2n) is 8.79. The van der Waals surface area contributed by atoms with Gasteiger partial charge in [0.15, 0.2) is 0 Å². The monoisotopic (exact) mass is 392 g/mol. The molecule has 1 unspecified atom stereocenters. The van der Waals surface area contributed by atoms with Crippen LogP contribution < -0.4 is 19.7 Å². The Morgan fingerprint density at radius 3 is 2.97 bits per heavy atom. The van der Waals surface area contributed by atoms with Gasteiger partial charge >= 0.3 is 0 Å². The van der Waals surface area contributed by atoms with Crippen LogP contribution in [-0.4, -0.2) is 51.6 Å². The van der Waals surface area contributed by atoms with Crippen LogP contribution in [0.2, 0.25) is 0 Å². The summed E-state index contributed by atoms with van der Waals surface area (Å²) in [7, 11) is 0. The average Bonchev–Trinajstić information content (AvgIpc) is 3.53. The number of ether oxygens (including phenoxy) is 3. The summed E-state index contributed by atoms with van der Waals surface area (Å²) in [5.41, 5.74) is 3.90. The molecular weight excluding hydrogens is 364 g/mol. The Labute approximate surface area is 171 Å². The lowest BCUT2D eigenvalue weighted by Crippen LogP contribution is -2.39. The van der Waals surface area contributed by atoms with Crippen molar-refractivity contribution in [2.45, 2.75) is 36.9 Å². The van der Waals surface area contributed by atoms with E-state index >= 15 is 0 Å². The molecule has 4 aliphatic rings. The van der Waals surface area contributed by atoms with E-state index in [1.54, 1.807) is 0 Å². The molecule has 1 N–H and O–H groups in total. The number of nitrogens with zero attached hydrogens (tertiary/aromatic N) is 1. The van der Waals surface area contributed by atoms with Crippen molar-refractivity contribution in [3.8, 4) is 11.5 Å². The third-order valence-corrected chi connectivity index (χ3v) is 6.93. The van der Waals surface area contributed by atoms with Crippen LogP contribution in [0.4, 0.5) is 5.69 Å². The van der Waals surface area contributed by atoms with E-state index in [0.717, 1.165) is 57.1 Å². The van der Waals surface area contributed by atoms with Crippen molar-refractivity contribution in [1.29, 1.82) is 0 Å². The zero-order valence-electron chi connectivity index (χ0n) is 16.7. The van der Waals surface area contributed by atoms with Gasteiger partial charge in [-0.15, -0.1) is 0 Å². The highest BCUT2D eigenvalue weighted by Crippen LogP contribution is 2.52. The van der Waals surface area contributed by atoms with Crippen LogP contribution >= 0.6 is 0 Å². The van der Waals surface area contributed by atoms with E-state index in [1.807, 2.05) is 0 Å². The van der Waals surface area contributed by atoms with E-state index in [4.69, 9.17) is 14.2 Å². The molecule has 4 aliphatic heterocycles. The lowest BCUT2D eigenvalue weighted by molar-refractivity contribution is 0.115. The Morgan fingerprint density at radius 1 is 1.14 bits per heavy atom. The van der Waals surface area contributed by atoms with Crippen molar-refractivity contribution in [1.82, 2.24) is 5.32 Å². The van der Waals surface area contributed by atoms with Gasteiger partial charge in [0.05, 0.1) is 11.5 Å². The first-order chi connectivity index (χ1) is 14.3. The highest BCUT2D eigenvalue weighted by molar-refractivity contribution is 5.69. The number of hydrogen-bond donors (Lipinski definition) is 1. The average molecular weight is 392 g/mol. The van der Waals surface area contributed by atoms with Crippen molar-refractivity contribution in [3.05, 3.63) is 53.6 Å². The number of benzene rings is 2. The molecule has 29 heavy (non-hydrogen) atoms. The van der Waals surface area contributed by atoms with Gasteiger partial charge in [0, 0.05) is 43.6 Å². The number of hydrogen-bond acceptors (Lipinski definition) is 5. The molecule has 6 rings (SSSR count). The van der Waals surface area contributed by atoms with E-state index < -0.39 is 0 Å². The van der Waals surface area contributed by atoms with Crippen LogP contribution in [0.15, 0.2) is 42.5 Å². The van der Waals surface area contributed by atoms with Gasteiger partial charge in [0.2, 0.25) is 0 Å². The summed E-state index contributed by atoms with van der Waals surface area (Å²) in [6.45, 7) is 5.46. The number of anilines is 1. The zero-order chi connectivity index (χ0) is 19.3. The summed E-state index contributed by atoms with van der Waals surface area (Å²) >= 11 is 0. The lowest BCUT2D eigenvalue weighted by Gasteiger charge is -2.26. The molecule has 0 aliphatic carbocycles. The maximum absolute atomic E-state index is 6.26. The molecule has 5 heteroatoms. The Balaban J connectivity index is 1.31. The Bertz CT molecular complexity index is 905. The molecule has 0 aromatic heterocycles. The van der Waals surface area contributed by atoms with Gasteiger partial charge in [-0.3, -0.25) is 0 Å². The molecule has 0 amide bonds. The van der Waals surface area contributed by atoms with Gasteiger partial charge in [-0.1, -0.05) is 24.3 Å². The Morgan fingerprint density at radius 2 is 2.10 bits per heavy atom. The van der Waals surface area contributed by atoms with E-state index in [9.17, 15) is 0 Å². The molecule has 2 fully saturated rings. The summed E-state index contributed by atoms with van der Waals surface area (Å²) in [6.07, 6.45) is 4.01. The number of rotatable bonds is 4. The van der Waals surface area contributed by atoms with E-state index in [1.165, 1.54) is 23.2 Å². The molecule has 2 saturated heterocycles. The summed E-state index contributed by atoms with van der Waals surface area (Å²) in [5, 5.41) is 3.36. The minimum absolute atomic E-state index is 0.0992. The molecule has 0 saturated carbocycles. The van der Waals surface area contributed by atoms with Crippen molar-refractivity contribution in [3.63, 3.8) is 0 Å². The van der Waals surface area contributed by atoms with Gasteiger partial charge in [-0.2, -0.15) is 0 Å². The second-order valence-corrected chi connectivity index (χ2v) is 8.79. The molecule has 0 bridgehead atoms. The number of para-hydroxylation sites is 1. The van der Waals surface area contributed by atoms with E-state index in [-0.39, 0.29) is 11.5 Å². The molecule has 3 atom stereocenters. The zero-order valence-corrected chi connectivity index (χ0v) is 16.7. The Kier molecular flexibility index (Phi) is 4.20. The topological polar surface area (TPSA) is 43.0 Å². The fraction of sp³-hybridized carbons (Fsp3) is 0.500. The van der Waals surface area contributed by atoms with Crippen molar-refractivity contribution >= 4 is 5.69 Å². The quantitative estimate of drug-likeness (QED) is 0.866. The van der Waals surface area contributed by atoms with Crippen molar-refractivity contribution in [2.75, 3.05) is 44.3 Å².